The predicted octanol–water partition coefficient (Wildman–Crippen LogP) is 3.06. The minimum absolute atomic E-state index is 0.0297. The van der Waals surface area contributed by atoms with E-state index in [2.05, 4.69) is 15.9 Å². The number of benzene rings is 3. The number of aliphatic hydroxyl groups is 3. The highest BCUT2D eigenvalue weighted by Crippen LogP contribution is 2.37. The molecule has 2 aliphatic heterocycles. The van der Waals surface area contributed by atoms with Crippen molar-refractivity contribution < 1.29 is 91.1 Å². The molecule has 2 aliphatic rings. The highest BCUT2D eigenvalue weighted by molar-refractivity contribution is 9.10. The maximum absolute atomic E-state index is 15.3. The second-order valence-electron chi connectivity index (χ2n) is 13.4. The molecular weight excluding hydrogens is 858 g/mol. The van der Waals surface area contributed by atoms with E-state index in [4.69, 9.17) is 37.9 Å². The Labute approximate surface area is 342 Å². The van der Waals surface area contributed by atoms with Crippen LogP contribution in [0.4, 0.5) is 8.78 Å². The van der Waals surface area contributed by atoms with Gasteiger partial charge in [-0.05, 0) is 53.6 Å². The van der Waals surface area contributed by atoms with Crippen LogP contribution in [-0.2, 0) is 47.6 Å². The average Bonchev–Trinajstić information content (AvgIpc) is 3.17. The van der Waals surface area contributed by atoms with Crippen molar-refractivity contribution in [1.29, 1.82) is 0 Å². The van der Waals surface area contributed by atoms with Crippen molar-refractivity contribution in [3.05, 3.63) is 82.3 Å². The van der Waals surface area contributed by atoms with Crippen molar-refractivity contribution in [2.45, 2.75) is 82.5 Å². The van der Waals surface area contributed by atoms with Crippen LogP contribution in [0.5, 0.6) is 11.5 Å². The van der Waals surface area contributed by atoms with E-state index in [1.54, 1.807) is 6.07 Å². The van der Waals surface area contributed by atoms with Crippen LogP contribution in [0, 0.1) is 17.6 Å². The summed E-state index contributed by atoms with van der Waals surface area (Å²) >= 11 is 3.14. The van der Waals surface area contributed by atoms with Gasteiger partial charge in [-0.15, -0.1) is 0 Å². The lowest BCUT2D eigenvalue weighted by molar-refractivity contribution is -0.280. The zero-order chi connectivity index (χ0) is 43.1. The molecule has 318 valence electrons. The van der Waals surface area contributed by atoms with Gasteiger partial charge in [-0.3, -0.25) is 19.2 Å². The Hall–Kier alpha value is -5.25. The summed E-state index contributed by atoms with van der Waals surface area (Å²) in [7, 11) is 0. The number of ether oxygens (including phenoxy) is 8. The molecule has 0 saturated carbocycles. The number of hydrogen-bond donors (Lipinski definition) is 4. The summed E-state index contributed by atoms with van der Waals surface area (Å²) in [6.45, 7) is 1.82. The maximum Gasteiger partial charge on any atom is 0.335 e. The molecule has 2 heterocycles. The van der Waals surface area contributed by atoms with Gasteiger partial charge in [0.15, 0.2) is 35.3 Å². The number of halogens is 3. The number of carbonyl (C=O) groups excluding carboxylic acids is 4. The second kappa shape index (κ2) is 19.7. The van der Waals surface area contributed by atoms with E-state index >= 15 is 4.39 Å². The van der Waals surface area contributed by atoms with Crippen LogP contribution in [0.15, 0.2) is 65.1 Å². The first-order valence-electron chi connectivity index (χ1n) is 17.8. The normalized spacial score (nSPS) is 26.5. The zero-order valence-electron chi connectivity index (χ0n) is 31.4. The summed E-state index contributed by atoms with van der Waals surface area (Å²) in [5, 5.41) is 41.3. The van der Waals surface area contributed by atoms with Crippen LogP contribution in [0.25, 0.3) is 11.1 Å². The molecular formula is C39H39BrF2O17. The smallest absolute Gasteiger partial charge is 0.335 e. The molecule has 0 amide bonds. The van der Waals surface area contributed by atoms with Gasteiger partial charge in [0.1, 0.15) is 43.7 Å². The van der Waals surface area contributed by atoms with Crippen LogP contribution >= 0.6 is 15.9 Å². The number of aromatic carboxylic acids is 1. The van der Waals surface area contributed by atoms with E-state index in [0.29, 0.717) is 10.0 Å². The lowest BCUT2D eigenvalue weighted by Crippen LogP contribution is -2.61. The minimum Gasteiger partial charge on any atom is -0.478 e. The Kier molecular flexibility index (Phi) is 14.9. The monoisotopic (exact) mass is 896 g/mol. The molecule has 2 saturated heterocycles. The van der Waals surface area contributed by atoms with Gasteiger partial charge in [-0.25, -0.2) is 13.6 Å². The molecule has 2 fully saturated rings. The number of aliphatic hydroxyl groups excluding tert-OH is 3. The molecule has 0 unspecified atom stereocenters. The third-order valence-electron chi connectivity index (χ3n) is 9.06. The summed E-state index contributed by atoms with van der Waals surface area (Å²) in [5.41, 5.74) is 0.639. The summed E-state index contributed by atoms with van der Waals surface area (Å²) < 4.78 is 74.9. The molecule has 0 bridgehead atoms. The standard InChI is InChI=1S/C39H39BrF2O17/c1-17(43)52-16-30-36(55-19(3)45)35(54-18(2)44)24(38(59-30)56-28-10-8-23(40)13-26(28)42)14-31(46)53-15-29-32(47)33(48)34(49)39(58-29)57-27-9-7-21(12-25(27)41)20-5-4-6-22(11-20)37(50)51/h4-13,24,29-30,32-36,38-39,47-49H,14-16H2,1-3H3,(H,50,51)/t24-,29+,30+,32+,33-,34-,35+,36-,38-,39-/m0/s1. The number of carboxylic acids is 1. The first-order valence-corrected chi connectivity index (χ1v) is 18.6. The number of hydrogen-bond acceptors (Lipinski definition) is 16. The third-order valence-corrected chi connectivity index (χ3v) is 9.55. The number of carboxylic acid groups (broad SMARTS) is 1. The Morgan fingerprint density at radius 2 is 1.27 bits per heavy atom. The fourth-order valence-electron chi connectivity index (χ4n) is 6.31. The van der Waals surface area contributed by atoms with Crippen LogP contribution in [0.3, 0.4) is 0 Å². The highest BCUT2D eigenvalue weighted by atomic mass is 79.9. The average molecular weight is 898 g/mol. The molecule has 5 rings (SSSR count). The topological polar surface area (TPSA) is 240 Å². The maximum atomic E-state index is 15.3. The quantitative estimate of drug-likeness (QED) is 0.134. The first kappa shape index (κ1) is 44.8. The molecule has 4 N–H and O–H groups in total. The van der Waals surface area contributed by atoms with Crippen LogP contribution in [-0.4, -0.2) is 119 Å². The largest absolute Gasteiger partial charge is 0.478 e. The molecule has 20 heteroatoms. The van der Waals surface area contributed by atoms with Gasteiger partial charge in [-0.2, -0.15) is 0 Å². The van der Waals surface area contributed by atoms with E-state index in [9.17, 15) is 48.8 Å². The molecule has 59 heavy (non-hydrogen) atoms. The summed E-state index contributed by atoms with van der Waals surface area (Å²) in [5.74, 6) is -8.86. The summed E-state index contributed by atoms with van der Waals surface area (Å²) in [6.07, 6.45) is -15.9. The van der Waals surface area contributed by atoms with Crippen molar-refractivity contribution in [1.82, 2.24) is 0 Å². The van der Waals surface area contributed by atoms with E-state index in [-0.39, 0.29) is 16.9 Å². The minimum atomic E-state index is -1.95. The lowest BCUT2D eigenvalue weighted by Gasteiger charge is -2.44. The van der Waals surface area contributed by atoms with E-state index in [0.717, 1.165) is 32.9 Å². The van der Waals surface area contributed by atoms with Crippen LogP contribution in [0.2, 0.25) is 0 Å². The second-order valence-corrected chi connectivity index (χ2v) is 14.3. The van der Waals surface area contributed by atoms with Crippen LogP contribution in [0.1, 0.15) is 37.6 Å². The van der Waals surface area contributed by atoms with Gasteiger partial charge in [0.05, 0.1) is 17.9 Å². The molecule has 10 atom stereocenters. The highest BCUT2D eigenvalue weighted by Gasteiger charge is 2.53. The predicted molar refractivity (Wildman–Crippen MR) is 196 cm³/mol. The fourth-order valence-corrected chi connectivity index (χ4v) is 6.64. The van der Waals surface area contributed by atoms with E-state index in [1.165, 1.54) is 42.5 Å². The Bertz CT molecular complexity index is 2030. The van der Waals surface area contributed by atoms with Crippen molar-refractivity contribution in [2.24, 2.45) is 5.92 Å². The zero-order valence-corrected chi connectivity index (χ0v) is 33.0. The van der Waals surface area contributed by atoms with E-state index in [1.807, 2.05) is 0 Å². The van der Waals surface area contributed by atoms with Crippen molar-refractivity contribution in [2.75, 3.05) is 13.2 Å². The molecule has 0 spiro atoms. The number of rotatable bonds is 14. The molecule has 0 aliphatic carbocycles. The van der Waals surface area contributed by atoms with Gasteiger partial charge in [0.25, 0.3) is 0 Å². The van der Waals surface area contributed by atoms with Crippen LogP contribution < -0.4 is 9.47 Å². The van der Waals surface area contributed by atoms with Gasteiger partial charge >= 0.3 is 29.8 Å². The lowest BCUT2D eigenvalue weighted by atomic mass is 9.87. The first-order chi connectivity index (χ1) is 27.9. The Morgan fingerprint density at radius 1 is 0.678 bits per heavy atom. The molecule has 0 radical (unpaired) electrons. The van der Waals surface area contributed by atoms with Gasteiger partial charge < -0.3 is 58.3 Å². The van der Waals surface area contributed by atoms with Gasteiger partial charge in [0.2, 0.25) is 12.6 Å². The van der Waals surface area contributed by atoms with Crippen molar-refractivity contribution >= 4 is 45.8 Å². The Balaban J connectivity index is 1.34. The Morgan fingerprint density at radius 3 is 1.90 bits per heavy atom. The van der Waals surface area contributed by atoms with Crippen molar-refractivity contribution in [3.63, 3.8) is 0 Å². The molecule has 3 aromatic rings. The van der Waals surface area contributed by atoms with Gasteiger partial charge in [0, 0.05) is 25.2 Å². The third kappa shape index (κ3) is 11.5. The molecule has 17 nitrogen and oxygen atoms in total. The van der Waals surface area contributed by atoms with E-state index < -0.39 is 128 Å². The number of carbonyl (C=O) groups is 5. The van der Waals surface area contributed by atoms with Gasteiger partial charge in [-0.1, -0.05) is 34.1 Å². The van der Waals surface area contributed by atoms with Crippen molar-refractivity contribution in [3.8, 4) is 22.6 Å². The fraction of sp³-hybridized carbons (Fsp3) is 0.410. The SMILES string of the molecule is CC(=O)OC[C@H]1O[C@H](Oc2ccc(Br)cc2F)[C@@H](CC(=O)OC[C@H]2O[C@H](Oc3ccc(-c4cccc(C(=O)O)c4)cc3F)[C@@H](O)[C@@H](O)[C@@H]2O)[C@@H](OC(C)=O)[C@H]1OC(C)=O. The summed E-state index contributed by atoms with van der Waals surface area (Å²) in [4.78, 5) is 61.2. The molecule has 3 aromatic carbocycles. The summed E-state index contributed by atoms with van der Waals surface area (Å²) in [6, 6.07) is 13.1. The number of esters is 4. The molecule has 0 aromatic heterocycles.